The van der Waals surface area contributed by atoms with Gasteiger partial charge in [-0.25, -0.2) is 0 Å². The number of unbranched alkanes of at least 4 members (excludes halogenated alkanes) is 6. The molecule has 1 aliphatic rings. The summed E-state index contributed by atoms with van der Waals surface area (Å²) in [6.45, 7) is 2.67. The van der Waals surface area contributed by atoms with E-state index in [1.807, 2.05) is 0 Å². The second-order valence-corrected chi connectivity index (χ2v) is 6.43. The van der Waals surface area contributed by atoms with Crippen LogP contribution in [-0.2, 0) is 4.79 Å². The highest BCUT2D eigenvalue weighted by Gasteiger charge is 2.29. The van der Waals surface area contributed by atoms with Gasteiger partial charge in [0, 0.05) is 13.0 Å². The van der Waals surface area contributed by atoms with Crippen LogP contribution in [0.25, 0.3) is 0 Å². The fourth-order valence-corrected chi connectivity index (χ4v) is 2.98. The Kier molecular flexibility index (Phi) is 8.92. The fraction of sp³-hybridized carbons (Fsp3) is 0.941. The van der Waals surface area contributed by atoms with Gasteiger partial charge in [0.25, 0.3) is 0 Å². The number of aliphatic hydroxyl groups is 1. The van der Waals surface area contributed by atoms with E-state index in [0.29, 0.717) is 13.0 Å². The maximum atomic E-state index is 11.7. The molecule has 3 nitrogen and oxygen atoms in total. The van der Waals surface area contributed by atoms with Crippen LogP contribution in [0.15, 0.2) is 0 Å². The summed E-state index contributed by atoms with van der Waals surface area (Å²) < 4.78 is 0. The summed E-state index contributed by atoms with van der Waals surface area (Å²) in [6.07, 6.45) is 14.3. The lowest BCUT2D eigenvalue weighted by Crippen LogP contribution is -2.44. The quantitative estimate of drug-likeness (QED) is 0.597. The molecule has 0 unspecified atom stereocenters. The van der Waals surface area contributed by atoms with Gasteiger partial charge in [-0.05, 0) is 19.3 Å². The molecule has 1 rings (SSSR count). The predicted molar refractivity (Wildman–Crippen MR) is 83.7 cm³/mol. The molecule has 0 aromatic carbocycles. The van der Waals surface area contributed by atoms with Gasteiger partial charge < -0.3 is 10.4 Å². The first-order valence-corrected chi connectivity index (χ1v) is 8.65. The van der Waals surface area contributed by atoms with Gasteiger partial charge in [-0.1, -0.05) is 64.7 Å². The van der Waals surface area contributed by atoms with Crippen LogP contribution in [0.5, 0.6) is 0 Å². The number of amides is 1. The van der Waals surface area contributed by atoms with Gasteiger partial charge in [-0.3, -0.25) is 4.79 Å². The third-order valence-electron chi connectivity index (χ3n) is 4.41. The van der Waals surface area contributed by atoms with Gasteiger partial charge in [0.1, 0.15) is 0 Å². The maximum Gasteiger partial charge on any atom is 0.220 e. The SMILES string of the molecule is CCCCCCCCCC(=O)NCC1(O)CCCCC1. The highest BCUT2D eigenvalue weighted by molar-refractivity contribution is 5.75. The Morgan fingerprint density at radius 2 is 1.60 bits per heavy atom. The summed E-state index contributed by atoms with van der Waals surface area (Å²) in [6, 6.07) is 0. The molecule has 118 valence electrons. The first-order chi connectivity index (χ1) is 9.66. The van der Waals surface area contributed by atoms with Crippen LogP contribution in [-0.4, -0.2) is 23.2 Å². The van der Waals surface area contributed by atoms with Crippen molar-refractivity contribution in [1.29, 1.82) is 0 Å². The Bertz CT molecular complexity index is 260. The molecule has 0 heterocycles. The Morgan fingerprint density at radius 3 is 2.25 bits per heavy atom. The molecule has 3 heteroatoms. The van der Waals surface area contributed by atoms with Crippen molar-refractivity contribution in [3.05, 3.63) is 0 Å². The van der Waals surface area contributed by atoms with E-state index in [9.17, 15) is 9.90 Å². The van der Waals surface area contributed by atoms with Gasteiger partial charge in [0.15, 0.2) is 0 Å². The molecular formula is C17H33NO2. The number of carbonyl (C=O) groups excluding carboxylic acids is 1. The number of carbonyl (C=O) groups is 1. The van der Waals surface area contributed by atoms with Crippen molar-refractivity contribution in [3.8, 4) is 0 Å². The standard InChI is InChI=1S/C17H33NO2/c1-2-3-4-5-6-7-9-12-16(19)18-15-17(20)13-10-8-11-14-17/h20H,2-15H2,1H3,(H,18,19). The smallest absolute Gasteiger partial charge is 0.220 e. The number of rotatable bonds is 10. The van der Waals surface area contributed by atoms with Crippen LogP contribution < -0.4 is 5.32 Å². The second kappa shape index (κ2) is 10.2. The Balaban J connectivity index is 1.97. The molecule has 0 aromatic rings. The molecule has 0 aromatic heterocycles. The summed E-state index contributed by atoms with van der Waals surface area (Å²) in [5, 5.41) is 13.2. The topological polar surface area (TPSA) is 49.3 Å². The van der Waals surface area contributed by atoms with E-state index in [4.69, 9.17) is 0 Å². The first kappa shape index (κ1) is 17.5. The van der Waals surface area contributed by atoms with Gasteiger partial charge in [-0.15, -0.1) is 0 Å². The van der Waals surface area contributed by atoms with Gasteiger partial charge in [0.05, 0.1) is 5.60 Å². The molecule has 0 spiro atoms. The predicted octanol–water partition coefficient (Wildman–Crippen LogP) is 3.94. The molecular weight excluding hydrogens is 250 g/mol. The normalized spacial score (nSPS) is 17.9. The van der Waals surface area contributed by atoms with E-state index < -0.39 is 5.60 Å². The van der Waals surface area contributed by atoms with E-state index in [0.717, 1.165) is 38.5 Å². The van der Waals surface area contributed by atoms with E-state index in [1.54, 1.807) is 0 Å². The molecule has 0 aliphatic heterocycles. The Hall–Kier alpha value is -0.570. The Labute approximate surface area is 124 Å². The van der Waals surface area contributed by atoms with Gasteiger partial charge in [0.2, 0.25) is 5.91 Å². The molecule has 0 bridgehead atoms. The molecule has 20 heavy (non-hydrogen) atoms. The zero-order chi connectivity index (χ0) is 14.7. The molecule has 1 amide bonds. The lowest BCUT2D eigenvalue weighted by Gasteiger charge is -2.32. The average Bonchev–Trinajstić information content (AvgIpc) is 2.45. The fourth-order valence-electron chi connectivity index (χ4n) is 2.98. The molecule has 0 radical (unpaired) electrons. The molecule has 0 saturated heterocycles. The maximum absolute atomic E-state index is 11.7. The van der Waals surface area contributed by atoms with Crippen molar-refractivity contribution in [2.75, 3.05) is 6.54 Å². The van der Waals surface area contributed by atoms with Crippen molar-refractivity contribution in [1.82, 2.24) is 5.32 Å². The summed E-state index contributed by atoms with van der Waals surface area (Å²) in [5.41, 5.74) is -0.631. The third kappa shape index (κ3) is 7.88. The van der Waals surface area contributed by atoms with Crippen LogP contribution in [0.3, 0.4) is 0 Å². The molecule has 1 aliphatic carbocycles. The summed E-state index contributed by atoms with van der Waals surface area (Å²) in [5.74, 6) is 0.109. The van der Waals surface area contributed by atoms with Crippen LogP contribution in [0.4, 0.5) is 0 Å². The molecule has 1 fully saturated rings. The van der Waals surface area contributed by atoms with Crippen LogP contribution >= 0.6 is 0 Å². The number of hydrogen-bond acceptors (Lipinski definition) is 2. The molecule has 1 saturated carbocycles. The molecule has 2 N–H and O–H groups in total. The van der Waals surface area contributed by atoms with E-state index >= 15 is 0 Å². The summed E-state index contributed by atoms with van der Waals surface area (Å²) >= 11 is 0. The van der Waals surface area contributed by atoms with Crippen LogP contribution in [0.1, 0.15) is 90.4 Å². The zero-order valence-corrected chi connectivity index (χ0v) is 13.3. The summed E-state index contributed by atoms with van der Waals surface area (Å²) in [4.78, 5) is 11.7. The van der Waals surface area contributed by atoms with E-state index in [2.05, 4.69) is 12.2 Å². The third-order valence-corrected chi connectivity index (χ3v) is 4.41. The zero-order valence-electron chi connectivity index (χ0n) is 13.3. The minimum Gasteiger partial charge on any atom is -0.388 e. The lowest BCUT2D eigenvalue weighted by atomic mass is 9.85. The van der Waals surface area contributed by atoms with Crippen molar-refractivity contribution in [2.24, 2.45) is 0 Å². The van der Waals surface area contributed by atoms with Crippen molar-refractivity contribution >= 4 is 5.91 Å². The highest BCUT2D eigenvalue weighted by atomic mass is 16.3. The van der Waals surface area contributed by atoms with Gasteiger partial charge in [-0.2, -0.15) is 0 Å². The van der Waals surface area contributed by atoms with Crippen molar-refractivity contribution in [2.45, 2.75) is 96.0 Å². The van der Waals surface area contributed by atoms with Crippen LogP contribution in [0.2, 0.25) is 0 Å². The van der Waals surface area contributed by atoms with Crippen molar-refractivity contribution < 1.29 is 9.90 Å². The number of nitrogens with one attached hydrogen (secondary N) is 1. The number of hydrogen-bond donors (Lipinski definition) is 2. The molecule has 0 atom stereocenters. The minimum atomic E-state index is -0.631. The second-order valence-electron chi connectivity index (χ2n) is 6.43. The summed E-state index contributed by atoms with van der Waals surface area (Å²) in [7, 11) is 0. The highest BCUT2D eigenvalue weighted by Crippen LogP contribution is 2.27. The minimum absolute atomic E-state index is 0.109. The average molecular weight is 283 g/mol. The van der Waals surface area contributed by atoms with Crippen LogP contribution in [0, 0.1) is 0 Å². The van der Waals surface area contributed by atoms with Gasteiger partial charge >= 0.3 is 0 Å². The largest absolute Gasteiger partial charge is 0.388 e. The monoisotopic (exact) mass is 283 g/mol. The Morgan fingerprint density at radius 1 is 1.00 bits per heavy atom. The van der Waals surface area contributed by atoms with Crippen molar-refractivity contribution in [3.63, 3.8) is 0 Å². The van der Waals surface area contributed by atoms with E-state index in [-0.39, 0.29) is 5.91 Å². The first-order valence-electron chi connectivity index (χ1n) is 8.65. The van der Waals surface area contributed by atoms with E-state index in [1.165, 1.54) is 38.5 Å². The lowest BCUT2D eigenvalue weighted by molar-refractivity contribution is -0.122.